The van der Waals surface area contributed by atoms with Crippen LogP contribution in [0.3, 0.4) is 0 Å². The third-order valence-electron chi connectivity index (χ3n) is 8.57. The molecule has 6 aromatic rings. The number of nitrogen functional groups attached to an aromatic ring is 1. The summed E-state index contributed by atoms with van der Waals surface area (Å²) in [5.41, 5.74) is 7.19. The highest BCUT2D eigenvalue weighted by Gasteiger charge is 2.32. The molecule has 0 saturated carbocycles. The zero-order valence-corrected chi connectivity index (χ0v) is 47.3. The van der Waals surface area contributed by atoms with Crippen molar-refractivity contribution in [2.45, 2.75) is 6.92 Å². The van der Waals surface area contributed by atoms with Gasteiger partial charge in [0.05, 0.1) is 56.3 Å². The van der Waals surface area contributed by atoms with E-state index in [4.69, 9.17) is 10.8 Å². The first-order valence-corrected chi connectivity index (χ1v) is 22.7. The molecule has 6 rings (SSSR count). The number of carboxylic acids is 1. The first-order chi connectivity index (χ1) is 33.1. The zero-order valence-electron chi connectivity index (χ0n) is 40.9. The van der Waals surface area contributed by atoms with Gasteiger partial charge in [-0.3, -0.25) is 38.3 Å². The van der Waals surface area contributed by atoms with Crippen LogP contribution in [0.25, 0.3) is 0 Å². The summed E-state index contributed by atoms with van der Waals surface area (Å²) in [5.74, 6) is -4.33. The van der Waals surface area contributed by atoms with Crippen LogP contribution in [0.2, 0.25) is 0 Å². The molecule has 72 heavy (non-hydrogen) atoms. The van der Waals surface area contributed by atoms with Gasteiger partial charge in [-0.1, -0.05) is 0 Å². The molecule has 0 aromatic carbocycles. The Morgan fingerprint density at radius 1 is 0.569 bits per heavy atom. The molecule has 394 valence electrons. The van der Waals surface area contributed by atoms with Crippen LogP contribution < -0.4 is 5.73 Å². The molecule has 31 nitrogen and oxygen atoms in total. The molecule has 0 aliphatic carbocycles. The Kier molecular flexibility index (Phi) is 23.8. The number of halogens is 4. The van der Waals surface area contributed by atoms with E-state index < -0.39 is 33.3 Å². The van der Waals surface area contributed by atoms with Gasteiger partial charge in [0.2, 0.25) is 0 Å². The second-order valence-corrected chi connectivity index (χ2v) is 18.2. The number of hydrogen-bond donors (Lipinski definition) is 5. The summed E-state index contributed by atoms with van der Waals surface area (Å²) in [5, 5.41) is 73.3. The normalized spacial score (nSPS) is 9.97. The predicted octanol–water partition coefficient (Wildman–Crippen LogP) is 3.18. The number of amides is 4. The number of nitrogens with zero attached hydrogens (tertiary/aromatic N) is 17. The van der Waals surface area contributed by atoms with E-state index in [-0.39, 0.29) is 62.4 Å². The number of carbonyl (C=O) groups excluding carboxylic acids is 4. The number of hydrogen-bond acceptors (Lipinski definition) is 18. The van der Waals surface area contributed by atoms with Crippen molar-refractivity contribution in [3.05, 3.63) is 90.9 Å². The molecule has 0 aliphatic heterocycles. The number of nitrogens with two attached hydrogens (primary N) is 1. The summed E-state index contributed by atoms with van der Waals surface area (Å²) >= 11 is 12.6. The summed E-state index contributed by atoms with van der Waals surface area (Å²) in [6.07, 6.45) is 4.79. The van der Waals surface area contributed by atoms with E-state index in [1.807, 2.05) is 6.92 Å². The summed E-state index contributed by atoms with van der Waals surface area (Å²) in [7, 11) is 20.4. The van der Waals surface area contributed by atoms with E-state index in [1.54, 1.807) is 80.5 Å². The number of aryl methyl sites for hydroxylation is 6. The minimum absolute atomic E-state index is 0.0345. The number of rotatable bonds is 7. The number of H-pyrrole nitrogens is 1. The minimum Gasteiger partial charge on any atom is -0.503 e. The number of aromatic hydroxyl groups is 2. The Bertz CT molecular complexity index is 2780. The van der Waals surface area contributed by atoms with Gasteiger partial charge in [-0.25, -0.2) is 4.79 Å². The second-order valence-electron chi connectivity index (χ2n) is 14.9. The first kappa shape index (κ1) is 62.7. The molecule has 0 fully saturated rings. The lowest BCUT2D eigenvalue weighted by Gasteiger charge is -2.10. The van der Waals surface area contributed by atoms with E-state index in [0.717, 1.165) is 19.3 Å². The van der Waals surface area contributed by atoms with E-state index >= 15 is 0 Å². The predicted molar refractivity (Wildman–Crippen MR) is 270 cm³/mol. The molecule has 4 amide bonds. The lowest BCUT2D eigenvalue weighted by atomic mass is 10.3. The third-order valence-corrected chi connectivity index (χ3v) is 11.3. The molecule has 6 aromatic heterocycles. The molecular weight excluding hydrogens is 1220 g/mol. The van der Waals surface area contributed by atoms with Crippen LogP contribution >= 0.6 is 63.7 Å². The lowest BCUT2D eigenvalue weighted by Crippen LogP contribution is -2.24. The Morgan fingerprint density at radius 3 is 1.19 bits per heavy atom. The van der Waals surface area contributed by atoms with Crippen LogP contribution in [0.15, 0.2) is 36.5 Å². The van der Waals surface area contributed by atoms with Crippen molar-refractivity contribution < 1.29 is 49.1 Å². The van der Waals surface area contributed by atoms with Crippen LogP contribution in [0.4, 0.5) is 17.5 Å². The Balaban J connectivity index is 0.000000438. The highest BCUT2D eigenvalue weighted by Crippen LogP contribution is 2.29. The smallest absolute Gasteiger partial charge is 0.432 e. The first-order valence-electron chi connectivity index (χ1n) is 19.5. The molecular formula is C37H51Br4N19O12. The average molecular weight is 1270 g/mol. The number of aromatic carboxylic acids is 1. The fourth-order valence-electron chi connectivity index (χ4n) is 4.95. The van der Waals surface area contributed by atoms with Crippen LogP contribution in [-0.2, 0) is 35.2 Å². The number of aromatic amines is 1. The summed E-state index contributed by atoms with van der Waals surface area (Å²) in [6.45, 7) is 1.96. The fraction of sp³-hybridized carbons (Fsp3) is 0.378. The Labute approximate surface area is 442 Å². The van der Waals surface area contributed by atoms with Crippen molar-refractivity contribution in [2.75, 3.05) is 62.1 Å². The topological polar surface area (TPSA) is 389 Å². The Hall–Kier alpha value is -7.27. The van der Waals surface area contributed by atoms with Gasteiger partial charge in [0.15, 0.2) is 38.8 Å². The number of carbonyl (C=O) groups is 5. The molecule has 0 aliphatic rings. The fourth-order valence-corrected chi connectivity index (χ4v) is 6.83. The van der Waals surface area contributed by atoms with Gasteiger partial charge in [0, 0.05) is 83.2 Å². The van der Waals surface area contributed by atoms with E-state index in [2.05, 4.69) is 99.4 Å². The average Bonchev–Trinajstić information content (AvgIpc) is 4.11. The number of aromatic nitrogens is 12. The van der Waals surface area contributed by atoms with Crippen LogP contribution in [0.1, 0.15) is 58.1 Å². The maximum absolute atomic E-state index is 11.6. The van der Waals surface area contributed by atoms with Crippen molar-refractivity contribution in [2.24, 2.45) is 35.2 Å². The van der Waals surface area contributed by atoms with E-state index in [1.165, 1.54) is 68.0 Å². The van der Waals surface area contributed by atoms with Crippen LogP contribution in [0.5, 0.6) is 11.5 Å². The Morgan fingerprint density at radius 2 is 0.931 bits per heavy atom. The molecule has 0 saturated heterocycles. The van der Waals surface area contributed by atoms with Crippen molar-refractivity contribution in [3.8, 4) is 11.5 Å². The van der Waals surface area contributed by atoms with Gasteiger partial charge in [-0.2, -0.15) is 29.8 Å². The monoisotopic (exact) mass is 1270 g/mol. The maximum Gasteiger partial charge on any atom is 0.432 e. The van der Waals surface area contributed by atoms with Crippen molar-refractivity contribution in [1.29, 1.82) is 0 Å². The van der Waals surface area contributed by atoms with Gasteiger partial charge in [0.1, 0.15) is 5.69 Å². The molecule has 0 radical (unpaired) electrons. The quantitative estimate of drug-likeness (QED) is 0.113. The van der Waals surface area contributed by atoms with Crippen molar-refractivity contribution >= 4 is 111 Å². The standard InChI is InChI=1S/C7H9BrN4O3.C7H10BrN3O.C7H10N4O4.C7H12N4O2.C5H5BrN2O2.C4H5BrN2/c1-10(2)7(13)5-4(8)6(12(14)15)9-11(5)3;1-10(2)7(12)6-5(8)4-9-11(6)3;1-9(2)7(13)4-5(12)6(11(14)15)8-10(4)3;1-10(2)7(13)4-5(12)6(8)9-11(4)3;1-8-4(5(9)10)3(6)2-7-8;1-3-4(5)2-6-7-3/h1-3H3;4H,1-3H3;12H,1-3H3;12H,1-3H3,(H2,8,9);2H,1H3,(H,9,10);2H,1H3,(H,6,7). The van der Waals surface area contributed by atoms with E-state index in [9.17, 15) is 54.4 Å². The SMILES string of the molecule is CN(C)C(=O)c1c(Br)c([N+](=O)[O-])nn1C.CN(C)C(=O)c1c(Br)cnn1C.CN(C)C(=O)c1c(O)c(N)nn1C.CN(C)C(=O)c1c(O)c([N+](=O)[O-])nn1C.Cc1[nH]ncc1Br.Cn1ncc(Br)c1C(=O)O. The summed E-state index contributed by atoms with van der Waals surface area (Å²) < 4.78 is 8.64. The van der Waals surface area contributed by atoms with Crippen molar-refractivity contribution in [1.82, 2.24) is 78.7 Å². The lowest BCUT2D eigenvalue weighted by molar-refractivity contribution is -0.390. The number of nitro groups is 2. The number of nitrogens with one attached hydrogen (secondary N) is 1. The van der Waals surface area contributed by atoms with Gasteiger partial charge in [-0.15, -0.1) is 0 Å². The number of anilines is 1. The van der Waals surface area contributed by atoms with Crippen LogP contribution in [0, 0.1) is 27.2 Å². The third kappa shape index (κ3) is 16.4. The van der Waals surface area contributed by atoms with Gasteiger partial charge in [-0.05, 0) is 80.5 Å². The molecule has 0 bridgehead atoms. The van der Waals surface area contributed by atoms with Gasteiger partial charge in [0.25, 0.3) is 29.4 Å². The maximum atomic E-state index is 11.6. The van der Waals surface area contributed by atoms with Gasteiger partial charge >= 0.3 is 17.6 Å². The van der Waals surface area contributed by atoms with E-state index in [0.29, 0.717) is 10.2 Å². The summed E-state index contributed by atoms with van der Waals surface area (Å²) in [4.78, 5) is 81.4. The largest absolute Gasteiger partial charge is 0.503 e. The molecule has 0 atom stereocenters. The van der Waals surface area contributed by atoms with Crippen LogP contribution in [-0.4, -0.2) is 190 Å². The van der Waals surface area contributed by atoms with Crippen molar-refractivity contribution in [3.63, 3.8) is 0 Å². The number of carboxylic acid groups (broad SMARTS) is 1. The minimum atomic E-state index is -0.980. The summed E-state index contributed by atoms with van der Waals surface area (Å²) in [6, 6.07) is 0. The highest BCUT2D eigenvalue weighted by molar-refractivity contribution is 9.11. The zero-order chi connectivity index (χ0) is 56.0. The van der Waals surface area contributed by atoms with Gasteiger partial charge < -0.3 is 60.9 Å². The molecule has 35 heteroatoms. The molecule has 6 heterocycles. The molecule has 0 unspecified atom stereocenters. The molecule has 0 spiro atoms. The second kappa shape index (κ2) is 27.4. The molecule has 6 N–H and O–H groups in total. The highest BCUT2D eigenvalue weighted by atomic mass is 79.9.